The molecule has 0 bridgehead atoms. The molecule has 4 nitrogen and oxygen atoms in total. The largest absolute Gasteiger partial charge is 0.492 e. The monoisotopic (exact) mass is 363 g/mol. The third kappa shape index (κ3) is 5.07. The lowest BCUT2D eigenvalue weighted by molar-refractivity contribution is 0.0526. The summed E-state index contributed by atoms with van der Waals surface area (Å²) >= 11 is 3.38. The maximum absolute atomic E-state index is 11.5. The minimum absolute atomic E-state index is 0.298. The van der Waals surface area contributed by atoms with Crippen LogP contribution in [0.1, 0.15) is 17.3 Å². The number of nitrogens with one attached hydrogen (secondary N) is 1. The van der Waals surface area contributed by atoms with Crippen LogP contribution in [0.25, 0.3) is 0 Å². The van der Waals surface area contributed by atoms with E-state index in [1.54, 1.807) is 19.1 Å². The Balaban J connectivity index is 1.75. The number of hydrogen-bond acceptors (Lipinski definition) is 4. The highest BCUT2D eigenvalue weighted by atomic mass is 79.9. The molecule has 0 fully saturated rings. The topological polar surface area (TPSA) is 47.6 Å². The summed E-state index contributed by atoms with van der Waals surface area (Å²) in [7, 11) is 0. The van der Waals surface area contributed by atoms with Crippen LogP contribution in [0.5, 0.6) is 5.75 Å². The predicted octanol–water partition coefficient (Wildman–Crippen LogP) is 4.12. The molecule has 2 aromatic rings. The molecule has 5 heteroatoms. The number of rotatable bonds is 7. The van der Waals surface area contributed by atoms with E-state index >= 15 is 0 Å². The summed E-state index contributed by atoms with van der Waals surface area (Å²) in [5.41, 5.74) is 1.49. The van der Waals surface area contributed by atoms with Crippen LogP contribution in [0.2, 0.25) is 0 Å². The summed E-state index contributed by atoms with van der Waals surface area (Å²) in [6.07, 6.45) is 0. The number of benzene rings is 2. The summed E-state index contributed by atoms with van der Waals surface area (Å²) in [5, 5.41) is 3.24. The SMILES string of the molecule is CCOC(=O)c1ccc(NCCOc2ccc(Br)cc2)cc1. The number of carbonyl (C=O) groups excluding carboxylic acids is 1. The van der Waals surface area contributed by atoms with E-state index in [1.165, 1.54) is 0 Å². The van der Waals surface area contributed by atoms with Crippen LogP contribution in [0.3, 0.4) is 0 Å². The highest BCUT2D eigenvalue weighted by Gasteiger charge is 2.05. The van der Waals surface area contributed by atoms with E-state index in [1.807, 2.05) is 36.4 Å². The van der Waals surface area contributed by atoms with Crippen LogP contribution in [-0.4, -0.2) is 25.7 Å². The third-order valence-corrected chi connectivity index (χ3v) is 3.44. The molecule has 2 rings (SSSR count). The summed E-state index contributed by atoms with van der Waals surface area (Å²) in [6.45, 7) is 3.40. The molecule has 0 aromatic heterocycles. The average molecular weight is 364 g/mol. The molecule has 116 valence electrons. The highest BCUT2D eigenvalue weighted by Crippen LogP contribution is 2.16. The van der Waals surface area contributed by atoms with Crippen molar-refractivity contribution < 1.29 is 14.3 Å². The summed E-state index contributed by atoms with van der Waals surface area (Å²) in [4.78, 5) is 11.5. The summed E-state index contributed by atoms with van der Waals surface area (Å²) in [5.74, 6) is 0.537. The fraction of sp³-hybridized carbons (Fsp3) is 0.235. The molecule has 0 saturated heterocycles. The smallest absolute Gasteiger partial charge is 0.338 e. The molecule has 0 radical (unpaired) electrons. The van der Waals surface area contributed by atoms with Gasteiger partial charge in [0.1, 0.15) is 12.4 Å². The zero-order valence-electron chi connectivity index (χ0n) is 12.3. The van der Waals surface area contributed by atoms with Crippen LogP contribution < -0.4 is 10.1 Å². The zero-order chi connectivity index (χ0) is 15.8. The van der Waals surface area contributed by atoms with Crippen molar-refractivity contribution in [3.63, 3.8) is 0 Å². The van der Waals surface area contributed by atoms with Gasteiger partial charge in [0.2, 0.25) is 0 Å². The third-order valence-electron chi connectivity index (χ3n) is 2.91. The molecule has 22 heavy (non-hydrogen) atoms. The highest BCUT2D eigenvalue weighted by molar-refractivity contribution is 9.10. The van der Waals surface area contributed by atoms with Crippen molar-refractivity contribution in [2.24, 2.45) is 0 Å². The maximum Gasteiger partial charge on any atom is 0.338 e. The standard InChI is InChI=1S/C17H18BrNO3/c1-2-21-17(20)13-3-7-15(8-4-13)19-11-12-22-16-9-5-14(18)6-10-16/h3-10,19H,2,11-12H2,1H3. The van der Waals surface area contributed by atoms with Gasteiger partial charge in [-0.05, 0) is 55.5 Å². The van der Waals surface area contributed by atoms with E-state index in [9.17, 15) is 4.79 Å². The Morgan fingerprint density at radius 3 is 2.41 bits per heavy atom. The minimum atomic E-state index is -0.298. The van der Waals surface area contributed by atoms with Gasteiger partial charge in [-0.1, -0.05) is 15.9 Å². The lowest BCUT2D eigenvalue weighted by Crippen LogP contribution is -2.11. The van der Waals surface area contributed by atoms with Crippen molar-refractivity contribution >= 4 is 27.6 Å². The number of anilines is 1. The second-order valence-electron chi connectivity index (χ2n) is 4.53. The molecular weight excluding hydrogens is 346 g/mol. The average Bonchev–Trinajstić information content (AvgIpc) is 2.54. The maximum atomic E-state index is 11.5. The normalized spacial score (nSPS) is 10.1. The van der Waals surface area contributed by atoms with E-state index < -0.39 is 0 Å². The Labute approximate surface area is 138 Å². The van der Waals surface area contributed by atoms with Crippen molar-refractivity contribution in [1.29, 1.82) is 0 Å². The lowest BCUT2D eigenvalue weighted by Gasteiger charge is -2.09. The van der Waals surface area contributed by atoms with Gasteiger partial charge < -0.3 is 14.8 Å². The van der Waals surface area contributed by atoms with Gasteiger partial charge in [-0.3, -0.25) is 0 Å². The van der Waals surface area contributed by atoms with Gasteiger partial charge in [0.05, 0.1) is 12.2 Å². The molecule has 0 amide bonds. The van der Waals surface area contributed by atoms with Crippen LogP contribution in [-0.2, 0) is 4.74 Å². The summed E-state index contributed by atoms with van der Waals surface area (Å²) in [6, 6.07) is 14.9. The van der Waals surface area contributed by atoms with Gasteiger partial charge in [-0.2, -0.15) is 0 Å². The Morgan fingerprint density at radius 2 is 1.77 bits per heavy atom. The molecule has 0 aliphatic carbocycles. The Morgan fingerprint density at radius 1 is 1.09 bits per heavy atom. The van der Waals surface area contributed by atoms with Crippen molar-refractivity contribution in [3.05, 3.63) is 58.6 Å². The predicted molar refractivity (Wildman–Crippen MR) is 90.5 cm³/mol. The molecule has 0 atom stereocenters. The van der Waals surface area contributed by atoms with Crippen molar-refractivity contribution in [1.82, 2.24) is 0 Å². The van der Waals surface area contributed by atoms with E-state index in [0.29, 0.717) is 25.3 Å². The molecule has 0 unspecified atom stereocenters. The molecule has 1 N–H and O–H groups in total. The van der Waals surface area contributed by atoms with Gasteiger partial charge in [-0.15, -0.1) is 0 Å². The Hall–Kier alpha value is -2.01. The van der Waals surface area contributed by atoms with Crippen LogP contribution >= 0.6 is 15.9 Å². The first kappa shape index (κ1) is 16.4. The van der Waals surface area contributed by atoms with E-state index in [0.717, 1.165) is 15.9 Å². The number of carbonyl (C=O) groups is 1. The van der Waals surface area contributed by atoms with Crippen molar-refractivity contribution in [3.8, 4) is 5.75 Å². The van der Waals surface area contributed by atoms with Crippen LogP contribution in [0.4, 0.5) is 5.69 Å². The first-order valence-electron chi connectivity index (χ1n) is 7.08. The molecule has 0 saturated carbocycles. The van der Waals surface area contributed by atoms with Gasteiger partial charge in [0.15, 0.2) is 0 Å². The molecule has 2 aromatic carbocycles. The number of ether oxygens (including phenoxy) is 2. The molecule has 0 aliphatic heterocycles. The number of hydrogen-bond donors (Lipinski definition) is 1. The van der Waals surface area contributed by atoms with Gasteiger partial charge in [0.25, 0.3) is 0 Å². The second-order valence-corrected chi connectivity index (χ2v) is 5.44. The number of esters is 1. The Kier molecular flexibility index (Phi) is 6.27. The van der Waals surface area contributed by atoms with Crippen molar-refractivity contribution in [2.45, 2.75) is 6.92 Å². The summed E-state index contributed by atoms with van der Waals surface area (Å²) < 4.78 is 11.6. The van der Waals surface area contributed by atoms with E-state index in [-0.39, 0.29) is 5.97 Å². The van der Waals surface area contributed by atoms with Crippen molar-refractivity contribution in [2.75, 3.05) is 25.1 Å². The van der Waals surface area contributed by atoms with E-state index in [2.05, 4.69) is 21.2 Å². The quantitative estimate of drug-likeness (QED) is 0.593. The molecule has 0 spiro atoms. The first-order chi connectivity index (χ1) is 10.7. The van der Waals surface area contributed by atoms with Crippen LogP contribution in [0, 0.1) is 0 Å². The van der Waals surface area contributed by atoms with E-state index in [4.69, 9.17) is 9.47 Å². The van der Waals surface area contributed by atoms with Gasteiger partial charge >= 0.3 is 5.97 Å². The first-order valence-corrected chi connectivity index (χ1v) is 7.88. The number of halogens is 1. The lowest BCUT2D eigenvalue weighted by atomic mass is 10.2. The fourth-order valence-electron chi connectivity index (χ4n) is 1.83. The Bertz CT molecular complexity index is 596. The molecular formula is C17H18BrNO3. The molecule has 0 heterocycles. The van der Waals surface area contributed by atoms with Gasteiger partial charge in [0, 0.05) is 16.7 Å². The second kappa shape index (κ2) is 8.44. The fourth-order valence-corrected chi connectivity index (χ4v) is 2.10. The van der Waals surface area contributed by atoms with Gasteiger partial charge in [-0.25, -0.2) is 4.79 Å². The zero-order valence-corrected chi connectivity index (χ0v) is 13.9. The minimum Gasteiger partial charge on any atom is -0.492 e. The van der Waals surface area contributed by atoms with Crippen LogP contribution in [0.15, 0.2) is 53.0 Å². The molecule has 0 aliphatic rings.